The van der Waals surface area contributed by atoms with Gasteiger partial charge >= 0.3 is 6.03 Å². The number of unbranched alkanes of at least 4 members (excludes halogenated alkanes) is 2. The SMILES string of the molecule is CCCCCNC(=O)Nc1ccccc1C(CC=S(=O)=O)CCn1cnc(-c2ccccc2)c1C. The molecule has 186 valence electrons. The number of aromatic nitrogens is 2. The van der Waals surface area contributed by atoms with Crippen molar-refractivity contribution in [1.82, 2.24) is 14.9 Å². The molecular formula is C27H34N4O3S. The first kappa shape index (κ1) is 26.2. The number of imidazole rings is 1. The Balaban J connectivity index is 1.76. The van der Waals surface area contributed by atoms with Gasteiger partial charge < -0.3 is 15.2 Å². The quantitative estimate of drug-likeness (QED) is 0.260. The molecular weight excluding hydrogens is 460 g/mol. The van der Waals surface area contributed by atoms with Gasteiger partial charge in [0, 0.05) is 35.4 Å². The molecule has 3 aromatic rings. The second kappa shape index (κ2) is 13.5. The molecule has 3 rings (SSSR count). The highest BCUT2D eigenvalue weighted by atomic mass is 32.2. The molecule has 7 nitrogen and oxygen atoms in total. The average molecular weight is 495 g/mol. The fraction of sp³-hybridized carbons (Fsp3) is 0.370. The van der Waals surface area contributed by atoms with Gasteiger partial charge in [0.15, 0.2) is 0 Å². The Hall–Kier alpha value is -3.39. The predicted octanol–water partition coefficient (Wildman–Crippen LogP) is 5.42. The summed E-state index contributed by atoms with van der Waals surface area (Å²) in [7, 11) is -2.25. The Labute approximate surface area is 209 Å². The van der Waals surface area contributed by atoms with Crippen LogP contribution in [0.2, 0.25) is 0 Å². The molecule has 1 heterocycles. The number of carbonyl (C=O) groups is 1. The maximum Gasteiger partial charge on any atom is 0.319 e. The van der Waals surface area contributed by atoms with Crippen LogP contribution in [-0.2, 0) is 16.8 Å². The molecule has 35 heavy (non-hydrogen) atoms. The smallest absolute Gasteiger partial charge is 0.319 e. The Morgan fingerprint density at radius 3 is 2.57 bits per heavy atom. The Kier molecular flexibility index (Phi) is 10.1. The minimum Gasteiger partial charge on any atom is -0.338 e. The lowest BCUT2D eigenvalue weighted by molar-refractivity contribution is 0.252. The maximum atomic E-state index is 12.4. The molecule has 0 fully saturated rings. The maximum absolute atomic E-state index is 12.4. The molecule has 0 aliphatic carbocycles. The van der Waals surface area contributed by atoms with Crippen molar-refractivity contribution in [3.8, 4) is 11.3 Å². The zero-order valence-electron chi connectivity index (χ0n) is 20.4. The van der Waals surface area contributed by atoms with Crippen LogP contribution in [0.25, 0.3) is 11.3 Å². The van der Waals surface area contributed by atoms with E-state index < -0.39 is 10.3 Å². The molecule has 0 aliphatic heterocycles. The first-order chi connectivity index (χ1) is 17.0. The first-order valence-corrected chi connectivity index (χ1v) is 13.3. The van der Waals surface area contributed by atoms with E-state index in [0.29, 0.717) is 31.6 Å². The number of hydrogen-bond donors (Lipinski definition) is 2. The zero-order valence-corrected chi connectivity index (χ0v) is 21.2. The van der Waals surface area contributed by atoms with Crippen LogP contribution in [0.15, 0.2) is 60.9 Å². The van der Waals surface area contributed by atoms with Crippen molar-refractivity contribution in [2.75, 3.05) is 11.9 Å². The van der Waals surface area contributed by atoms with Crippen LogP contribution >= 0.6 is 0 Å². The molecule has 0 spiro atoms. The van der Waals surface area contributed by atoms with Crippen molar-refractivity contribution in [1.29, 1.82) is 0 Å². The van der Waals surface area contributed by atoms with E-state index in [0.717, 1.165) is 41.8 Å². The summed E-state index contributed by atoms with van der Waals surface area (Å²) in [6.45, 7) is 5.46. The molecule has 0 saturated heterocycles. The number of rotatable bonds is 12. The zero-order chi connectivity index (χ0) is 25.0. The molecule has 1 atom stereocenters. The third-order valence-electron chi connectivity index (χ3n) is 6.10. The van der Waals surface area contributed by atoms with E-state index >= 15 is 0 Å². The van der Waals surface area contributed by atoms with Crippen molar-refractivity contribution in [2.24, 2.45) is 0 Å². The van der Waals surface area contributed by atoms with Crippen molar-refractivity contribution < 1.29 is 13.2 Å². The highest BCUT2D eigenvalue weighted by molar-refractivity contribution is 7.71. The highest BCUT2D eigenvalue weighted by Crippen LogP contribution is 2.31. The molecule has 2 aromatic carbocycles. The van der Waals surface area contributed by atoms with E-state index in [4.69, 9.17) is 0 Å². The van der Waals surface area contributed by atoms with Gasteiger partial charge in [-0.25, -0.2) is 9.78 Å². The number of para-hydroxylation sites is 1. The van der Waals surface area contributed by atoms with Crippen molar-refractivity contribution in [3.63, 3.8) is 0 Å². The van der Waals surface area contributed by atoms with Gasteiger partial charge in [-0.2, -0.15) is 8.42 Å². The summed E-state index contributed by atoms with van der Waals surface area (Å²) in [5.41, 5.74) is 4.68. The minimum atomic E-state index is -2.25. The van der Waals surface area contributed by atoms with E-state index in [1.165, 1.54) is 5.37 Å². The summed E-state index contributed by atoms with van der Waals surface area (Å²) in [6.07, 6.45) is 5.98. The molecule has 1 unspecified atom stereocenters. The van der Waals surface area contributed by atoms with Crippen LogP contribution in [0.4, 0.5) is 10.5 Å². The number of nitrogens with zero attached hydrogens (tertiary/aromatic N) is 2. The van der Waals surface area contributed by atoms with Crippen LogP contribution in [0.5, 0.6) is 0 Å². The second-order valence-electron chi connectivity index (χ2n) is 8.56. The Morgan fingerprint density at radius 2 is 1.83 bits per heavy atom. The number of nitrogens with one attached hydrogen (secondary N) is 2. The molecule has 0 saturated carbocycles. The molecule has 1 aromatic heterocycles. The fourth-order valence-corrected chi connectivity index (χ4v) is 4.54. The van der Waals surface area contributed by atoms with E-state index in [9.17, 15) is 13.2 Å². The molecule has 0 aliphatic rings. The summed E-state index contributed by atoms with van der Waals surface area (Å²) in [5, 5.41) is 7.14. The van der Waals surface area contributed by atoms with Gasteiger partial charge in [-0.1, -0.05) is 68.3 Å². The van der Waals surface area contributed by atoms with Gasteiger partial charge in [0.2, 0.25) is 10.3 Å². The number of hydrogen-bond acceptors (Lipinski definition) is 4. The van der Waals surface area contributed by atoms with Crippen LogP contribution in [0.3, 0.4) is 0 Å². The monoisotopic (exact) mass is 494 g/mol. The van der Waals surface area contributed by atoms with E-state index in [-0.39, 0.29) is 11.9 Å². The van der Waals surface area contributed by atoms with Crippen LogP contribution in [-0.4, -0.2) is 35.9 Å². The van der Waals surface area contributed by atoms with Gasteiger partial charge in [-0.05, 0) is 43.7 Å². The van der Waals surface area contributed by atoms with Gasteiger partial charge in [-0.15, -0.1) is 0 Å². The minimum absolute atomic E-state index is 0.0912. The average Bonchev–Trinajstić information content (AvgIpc) is 3.23. The van der Waals surface area contributed by atoms with Crippen molar-refractivity contribution in [2.45, 2.75) is 58.4 Å². The lowest BCUT2D eigenvalue weighted by Crippen LogP contribution is -2.30. The van der Waals surface area contributed by atoms with Crippen LogP contribution in [0.1, 0.15) is 56.2 Å². The Morgan fingerprint density at radius 1 is 1.09 bits per heavy atom. The van der Waals surface area contributed by atoms with E-state index in [1.807, 2.05) is 67.8 Å². The number of anilines is 1. The lowest BCUT2D eigenvalue weighted by atomic mass is 9.91. The predicted molar refractivity (Wildman–Crippen MR) is 142 cm³/mol. The van der Waals surface area contributed by atoms with Crippen LogP contribution in [0, 0.1) is 6.92 Å². The standard InChI is InChI=1S/C27H34N4O3S/c1-3-4-10-17-28-27(32)30-25-14-9-8-13-24(25)22(16-19-35(33)34)15-18-31-20-29-26(21(31)2)23-11-6-5-7-12-23/h5-9,11-14,19-20,22H,3-4,10,15-18H2,1-2H3,(H2,28,30,32). The molecule has 8 heteroatoms. The summed E-state index contributed by atoms with van der Waals surface area (Å²) in [4.78, 5) is 17.0. The first-order valence-electron chi connectivity index (χ1n) is 12.1. The van der Waals surface area contributed by atoms with Gasteiger partial charge in [-0.3, -0.25) is 0 Å². The molecule has 2 amide bonds. The third-order valence-corrected chi connectivity index (χ3v) is 6.56. The topological polar surface area (TPSA) is 93.1 Å². The molecule has 0 bridgehead atoms. The third kappa shape index (κ3) is 7.82. The fourth-order valence-electron chi connectivity index (χ4n) is 4.15. The van der Waals surface area contributed by atoms with Gasteiger partial charge in [0.1, 0.15) is 0 Å². The van der Waals surface area contributed by atoms with E-state index in [2.05, 4.69) is 27.1 Å². The lowest BCUT2D eigenvalue weighted by Gasteiger charge is -2.20. The van der Waals surface area contributed by atoms with Crippen molar-refractivity contribution in [3.05, 3.63) is 72.2 Å². The summed E-state index contributed by atoms with van der Waals surface area (Å²) in [6, 6.07) is 17.4. The second-order valence-corrected chi connectivity index (χ2v) is 9.42. The number of carbonyl (C=O) groups excluding carboxylic acids is 1. The Bertz CT molecular complexity index is 1230. The number of benzene rings is 2. The summed E-state index contributed by atoms with van der Waals surface area (Å²) in [5.74, 6) is -0.0912. The summed E-state index contributed by atoms with van der Waals surface area (Å²) >= 11 is 0. The van der Waals surface area contributed by atoms with E-state index in [1.54, 1.807) is 0 Å². The van der Waals surface area contributed by atoms with Gasteiger partial charge in [0.05, 0.1) is 12.0 Å². The van der Waals surface area contributed by atoms with Gasteiger partial charge in [0.25, 0.3) is 0 Å². The molecule has 2 N–H and O–H groups in total. The number of urea groups is 1. The number of aryl methyl sites for hydroxylation is 1. The van der Waals surface area contributed by atoms with Crippen molar-refractivity contribution >= 4 is 27.4 Å². The molecule has 0 radical (unpaired) electrons. The normalized spacial score (nSPS) is 11.6. The largest absolute Gasteiger partial charge is 0.338 e. The van der Waals surface area contributed by atoms with Crippen LogP contribution < -0.4 is 10.6 Å². The highest BCUT2D eigenvalue weighted by Gasteiger charge is 2.17. The number of amides is 2. The summed E-state index contributed by atoms with van der Waals surface area (Å²) < 4.78 is 24.7.